The summed E-state index contributed by atoms with van der Waals surface area (Å²) < 4.78 is 5.57. The Labute approximate surface area is 180 Å². The first-order chi connectivity index (χ1) is 14.3. The van der Waals surface area contributed by atoms with Crippen molar-refractivity contribution in [3.05, 3.63) is 64.7 Å². The number of hydrogen-bond donors (Lipinski definition) is 1. The van der Waals surface area contributed by atoms with Crippen molar-refractivity contribution in [3.63, 3.8) is 0 Å². The summed E-state index contributed by atoms with van der Waals surface area (Å²) >= 11 is 0. The van der Waals surface area contributed by atoms with E-state index in [1.54, 1.807) is 0 Å². The number of nitrogens with one attached hydrogen (secondary N) is 1. The van der Waals surface area contributed by atoms with Gasteiger partial charge in [0.2, 0.25) is 0 Å². The molecule has 1 fully saturated rings. The number of rotatable bonds is 7. The molecule has 3 rings (SSSR count). The summed E-state index contributed by atoms with van der Waals surface area (Å²) in [5.74, 6) is -0.132. The summed E-state index contributed by atoms with van der Waals surface area (Å²) in [5.41, 5.74) is 5.09. The predicted octanol–water partition coefficient (Wildman–Crippen LogP) is 5.49. The minimum absolute atomic E-state index is 0.0381. The fourth-order valence-electron chi connectivity index (χ4n) is 4.54. The van der Waals surface area contributed by atoms with Gasteiger partial charge in [-0.15, -0.1) is 0 Å². The van der Waals surface area contributed by atoms with Crippen LogP contribution in [0.2, 0.25) is 0 Å². The Morgan fingerprint density at radius 2 is 1.63 bits per heavy atom. The third-order valence-electron chi connectivity index (χ3n) is 6.27. The van der Waals surface area contributed by atoms with Gasteiger partial charge in [0.25, 0.3) is 5.91 Å². The van der Waals surface area contributed by atoms with Crippen molar-refractivity contribution >= 4 is 24.8 Å². The third-order valence-corrected chi connectivity index (χ3v) is 11.4. The first-order valence-corrected chi connectivity index (χ1v) is 13.2. The molecule has 1 N–H and O–H groups in total. The number of amides is 1. The lowest BCUT2D eigenvalue weighted by Crippen LogP contribution is -2.32. The van der Waals surface area contributed by atoms with Crippen molar-refractivity contribution in [2.45, 2.75) is 52.8 Å². The van der Waals surface area contributed by atoms with Crippen LogP contribution in [0.15, 0.2) is 42.5 Å². The molecular formula is C25H33NO3P+. The Balaban J connectivity index is 1.68. The number of esters is 1. The highest BCUT2D eigenvalue weighted by Gasteiger charge is 2.51. The lowest BCUT2D eigenvalue weighted by atomic mass is 10.1. The van der Waals surface area contributed by atoms with E-state index in [9.17, 15) is 9.59 Å². The number of carbonyl (C=O) groups is 2. The van der Waals surface area contributed by atoms with Gasteiger partial charge in [-0.2, -0.15) is 0 Å². The van der Waals surface area contributed by atoms with Gasteiger partial charge in [-0.3, -0.25) is 4.79 Å². The molecule has 1 atom stereocenters. The standard InChI is InChI=1S/C25H32NO3P/c1-18-14-19(2)24(20(3)15-18)26-25(28)21(4)30(12-8-9-13-30)17-23(27)29-16-22-10-6-5-7-11-22/h5-7,10-11,14-15,21H,8-9,12-13,16-17H2,1-4H3/p+1. The van der Waals surface area contributed by atoms with Crippen molar-refractivity contribution in [2.75, 3.05) is 23.8 Å². The molecule has 1 aliphatic rings. The van der Waals surface area contributed by atoms with Crippen molar-refractivity contribution in [1.82, 2.24) is 0 Å². The van der Waals surface area contributed by atoms with Gasteiger partial charge in [0.05, 0.1) is 12.3 Å². The van der Waals surface area contributed by atoms with Crippen LogP contribution in [-0.4, -0.2) is 36.0 Å². The molecule has 0 saturated carbocycles. The van der Waals surface area contributed by atoms with Gasteiger partial charge in [0, 0.05) is 12.9 Å². The van der Waals surface area contributed by atoms with Gasteiger partial charge in [0.15, 0.2) is 6.16 Å². The average molecular weight is 427 g/mol. The van der Waals surface area contributed by atoms with E-state index < -0.39 is 7.26 Å². The Hall–Kier alpha value is -2.19. The topological polar surface area (TPSA) is 55.4 Å². The van der Waals surface area contributed by atoms with Crippen LogP contribution < -0.4 is 5.32 Å². The van der Waals surface area contributed by atoms with E-state index in [4.69, 9.17) is 4.74 Å². The highest BCUT2D eigenvalue weighted by Crippen LogP contribution is 2.67. The number of benzene rings is 2. The second kappa shape index (κ2) is 9.75. The van der Waals surface area contributed by atoms with Crippen molar-refractivity contribution in [3.8, 4) is 0 Å². The van der Waals surface area contributed by atoms with E-state index in [1.807, 2.05) is 51.1 Å². The predicted molar refractivity (Wildman–Crippen MR) is 126 cm³/mol. The van der Waals surface area contributed by atoms with Gasteiger partial charge in [-0.05, 0) is 57.2 Å². The molecule has 1 saturated heterocycles. The lowest BCUT2D eigenvalue weighted by Gasteiger charge is -2.27. The Morgan fingerprint density at radius 3 is 2.23 bits per heavy atom. The van der Waals surface area contributed by atoms with Crippen molar-refractivity contribution in [2.24, 2.45) is 0 Å². The smallest absolute Gasteiger partial charge is 0.344 e. The maximum absolute atomic E-state index is 13.2. The van der Waals surface area contributed by atoms with E-state index >= 15 is 0 Å². The summed E-state index contributed by atoms with van der Waals surface area (Å²) in [6.07, 6.45) is 4.59. The molecule has 0 aromatic heterocycles. The molecule has 0 bridgehead atoms. The number of hydrogen-bond acceptors (Lipinski definition) is 3. The zero-order chi connectivity index (χ0) is 21.7. The SMILES string of the molecule is Cc1cc(C)c(NC(=O)C(C)[P+]2(CC(=O)OCc3ccccc3)CCCC2)c(C)c1. The van der Waals surface area contributed by atoms with Gasteiger partial charge in [-0.25, -0.2) is 4.79 Å². The van der Waals surface area contributed by atoms with E-state index in [1.165, 1.54) is 5.56 Å². The lowest BCUT2D eigenvalue weighted by molar-refractivity contribution is -0.141. The summed E-state index contributed by atoms with van der Waals surface area (Å²) in [4.78, 5) is 25.9. The molecule has 0 aliphatic carbocycles. The monoisotopic (exact) mass is 426 g/mol. The minimum Gasteiger partial charge on any atom is -0.458 e. The number of carbonyl (C=O) groups excluding carboxylic acids is 2. The van der Waals surface area contributed by atoms with E-state index in [-0.39, 0.29) is 17.5 Å². The highest BCUT2D eigenvalue weighted by atomic mass is 31.2. The third kappa shape index (κ3) is 5.29. The normalized spacial score (nSPS) is 16.1. The van der Waals surface area contributed by atoms with Crippen LogP contribution in [0.25, 0.3) is 0 Å². The molecule has 1 heterocycles. The highest BCUT2D eigenvalue weighted by molar-refractivity contribution is 7.78. The number of anilines is 1. The molecule has 0 spiro atoms. The molecule has 30 heavy (non-hydrogen) atoms. The van der Waals surface area contributed by atoms with Crippen LogP contribution in [0.4, 0.5) is 5.69 Å². The fraction of sp³-hybridized carbons (Fsp3) is 0.440. The number of aryl methyl sites for hydroxylation is 3. The Bertz CT molecular complexity index is 881. The Kier molecular flexibility index (Phi) is 7.31. The molecule has 0 radical (unpaired) electrons. The van der Waals surface area contributed by atoms with Crippen molar-refractivity contribution < 1.29 is 14.3 Å². The first-order valence-electron chi connectivity index (χ1n) is 10.7. The molecule has 1 aliphatic heterocycles. The van der Waals surface area contributed by atoms with E-state index in [2.05, 4.69) is 24.4 Å². The second-order valence-electron chi connectivity index (χ2n) is 8.62. The zero-order valence-electron chi connectivity index (χ0n) is 18.5. The van der Waals surface area contributed by atoms with E-state index in [0.717, 1.165) is 47.5 Å². The van der Waals surface area contributed by atoms with Crippen LogP contribution >= 0.6 is 7.26 Å². The second-order valence-corrected chi connectivity index (χ2v) is 13.0. The summed E-state index contributed by atoms with van der Waals surface area (Å²) in [5, 5.41) is 3.17. The maximum Gasteiger partial charge on any atom is 0.344 e. The van der Waals surface area contributed by atoms with Gasteiger partial charge in [-0.1, -0.05) is 48.0 Å². The summed E-state index contributed by atoms with van der Waals surface area (Å²) in [6.45, 7) is 8.43. The van der Waals surface area contributed by atoms with Gasteiger partial charge >= 0.3 is 5.97 Å². The molecule has 4 nitrogen and oxygen atoms in total. The summed E-state index contributed by atoms with van der Waals surface area (Å²) in [7, 11) is -1.73. The number of ether oxygens (including phenoxy) is 1. The van der Waals surface area contributed by atoms with Crippen LogP contribution in [0, 0.1) is 20.8 Å². The van der Waals surface area contributed by atoms with Crippen LogP contribution in [0.3, 0.4) is 0 Å². The molecule has 5 heteroatoms. The molecule has 160 valence electrons. The largest absolute Gasteiger partial charge is 0.458 e. The molecular weight excluding hydrogens is 393 g/mol. The van der Waals surface area contributed by atoms with Crippen LogP contribution in [0.5, 0.6) is 0 Å². The molecule has 1 unspecified atom stereocenters. The van der Waals surface area contributed by atoms with Gasteiger partial charge in [0.1, 0.15) is 12.3 Å². The maximum atomic E-state index is 13.2. The molecule has 2 aromatic carbocycles. The molecule has 2 aromatic rings. The van der Waals surface area contributed by atoms with Crippen LogP contribution in [0.1, 0.15) is 42.0 Å². The zero-order valence-corrected chi connectivity index (χ0v) is 19.4. The quantitative estimate of drug-likeness (QED) is 0.470. The summed E-state index contributed by atoms with van der Waals surface area (Å²) in [6, 6.07) is 13.9. The first kappa shape index (κ1) is 22.5. The average Bonchev–Trinajstić information content (AvgIpc) is 3.18. The van der Waals surface area contributed by atoms with E-state index in [0.29, 0.717) is 12.8 Å². The fourth-order valence-corrected chi connectivity index (χ4v) is 9.00. The minimum atomic E-state index is -1.73. The Morgan fingerprint density at radius 1 is 1.03 bits per heavy atom. The molecule has 1 amide bonds. The van der Waals surface area contributed by atoms with Crippen LogP contribution in [-0.2, 0) is 20.9 Å². The van der Waals surface area contributed by atoms with Gasteiger partial charge < -0.3 is 10.1 Å². The van der Waals surface area contributed by atoms with Crippen molar-refractivity contribution in [1.29, 1.82) is 0 Å².